The molecule has 0 aromatic heterocycles. The van der Waals surface area contributed by atoms with Crippen molar-refractivity contribution in [3.05, 3.63) is 40.5 Å². The Morgan fingerprint density at radius 3 is 2.33 bits per heavy atom. The van der Waals surface area contributed by atoms with E-state index in [9.17, 15) is 0 Å². The molecule has 1 aromatic carbocycles. The summed E-state index contributed by atoms with van der Waals surface area (Å²) in [5, 5.41) is 0. The molecular formula is C15H24. The Hall–Kier alpha value is -1.04. The molecule has 0 fully saturated rings. The fourth-order valence-electron chi connectivity index (χ4n) is 1.76. The Labute approximate surface area is 95.0 Å². The Morgan fingerprint density at radius 1 is 1.00 bits per heavy atom. The van der Waals surface area contributed by atoms with Crippen molar-refractivity contribution in [2.24, 2.45) is 0 Å². The second-order valence-corrected chi connectivity index (χ2v) is 3.69. The molecule has 2 rings (SSSR count). The molecule has 0 spiro atoms. The van der Waals surface area contributed by atoms with Crippen molar-refractivity contribution >= 4 is 6.08 Å². The summed E-state index contributed by atoms with van der Waals surface area (Å²) in [6.45, 7) is 8.37. The molecule has 0 unspecified atom stereocenters. The van der Waals surface area contributed by atoms with Gasteiger partial charge in [0.25, 0.3) is 0 Å². The molecule has 0 amide bonds. The molecule has 1 aromatic rings. The van der Waals surface area contributed by atoms with Crippen molar-refractivity contribution in [1.82, 2.24) is 0 Å². The molecule has 0 radical (unpaired) electrons. The number of aryl methyl sites for hydroxylation is 2. The zero-order valence-electron chi connectivity index (χ0n) is 9.72. The van der Waals surface area contributed by atoms with Crippen molar-refractivity contribution in [3.63, 3.8) is 0 Å². The van der Waals surface area contributed by atoms with Gasteiger partial charge in [0, 0.05) is 0 Å². The van der Waals surface area contributed by atoms with Crippen molar-refractivity contribution in [3.8, 4) is 0 Å². The highest BCUT2D eigenvalue weighted by molar-refractivity contribution is 5.59. The molecule has 0 bridgehead atoms. The normalized spacial score (nSPS) is 12.7. The van der Waals surface area contributed by atoms with Gasteiger partial charge in [0.05, 0.1) is 0 Å². The lowest BCUT2D eigenvalue weighted by atomic mass is 9.92. The van der Waals surface area contributed by atoms with Crippen molar-refractivity contribution in [1.29, 1.82) is 0 Å². The third kappa shape index (κ3) is 3.54. The van der Waals surface area contributed by atoms with Crippen LogP contribution in [0.1, 0.15) is 51.3 Å². The SMILES string of the molecule is C.CC.CC1=Cc2ccc(C)cc2CC1. The van der Waals surface area contributed by atoms with Gasteiger partial charge in [-0.05, 0) is 37.8 Å². The van der Waals surface area contributed by atoms with Crippen LogP contribution < -0.4 is 0 Å². The van der Waals surface area contributed by atoms with Gasteiger partial charge in [-0.2, -0.15) is 0 Å². The summed E-state index contributed by atoms with van der Waals surface area (Å²) in [5.74, 6) is 0. The van der Waals surface area contributed by atoms with E-state index in [1.807, 2.05) is 13.8 Å². The lowest BCUT2D eigenvalue weighted by molar-refractivity contribution is 0.925. The molecule has 0 atom stereocenters. The van der Waals surface area contributed by atoms with Crippen LogP contribution in [0.3, 0.4) is 0 Å². The number of rotatable bonds is 0. The molecule has 0 N–H and O–H groups in total. The Balaban J connectivity index is 0.000000617. The monoisotopic (exact) mass is 204 g/mol. The van der Waals surface area contributed by atoms with Gasteiger partial charge in [-0.1, -0.05) is 56.7 Å². The van der Waals surface area contributed by atoms with Crippen molar-refractivity contribution < 1.29 is 0 Å². The maximum Gasteiger partial charge on any atom is -0.0225 e. The second kappa shape index (κ2) is 6.44. The minimum atomic E-state index is 0. The van der Waals surface area contributed by atoms with Gasteiger partial charge in [-0.25, -0.2) is 0 Å². The third-order valence-electron chi connectivity index (χ3n) is 2.49. The molecule has 15 heavy (non-hydrogen) atoms. The first kappa shape index (κ1) is 14.0. The first-order valence-electron chi connectivity index (χ1n) is 5.52. The van der Waals surface area contributed by atoms with Gasteiger partial charge in [-0.3, -0.25) is 0 Å². The van der Waals surface area contributed by atoms with E-state index in [-0.39, 0.29) is 7.43 Å². The summed E-state index contributed by atoms with van der Waals surface area (Å²) in [4.78, 5) is 0. The molecule has 1 aliphatic rings. The highest BCUT2D eigenvalue weighted by atomic mass is 14.1. The quantitative estimate of drug-likeness (QED) is 0.557. The molecule has 0 aliphatic heterocycles. The van der Waals surface area contributed by atoms with Crippen LogP contribution in [-0.2, 0) is 6.42 Å². The number of benzene rings is 1. The molecule has 0 saturated carbocycles. The molecule has 0 saturated heterocycles. The van der Waals surface area contributed by atoms with Crippen LogP contribution in [0.15, 0.2) is 23.8 Å². The minimum absolute atomic E-state index is 0. The van der Waals surface area contributed by atoms with Crippen LogP contribution in [-0.4, -0.2) is 0 Å². The van der Waals surface area contributed by atoms with Crippen LogP contribution >= 0.6 is 0 Å². The van der Waals surface area contributed by atoms with E-state index in [0.717, 1.165) is 0 Å². The highest BCUT2D eigenvalue weighted by Gasteiger charge is 2.06. The summed E-state index contributed by atoms with van der Waals surface area (Å²) in [7, 11) is 0. The molecule has 0 heteroatoms. The highest BCUT2D eigenvalue weighted by Crippen LogP contribution is 2.23. The van der Waals surface area contributed by atoms with Crippen LogP contribution in [0.5, 0.6) is 0 Å². The number of hydrogen-bond acceptors (Lipinski definition) is 0. The second-order valence-electron chi connectivity index (χ2n) is 3.69. The summed E-state index contributed by atoms with van der Waals surface area (Å²) in [6.07, 6.45) is 4.76. The minimum Gasteiger partial charge on any atom is -0.0776 e. The van der Waals surface area contributed by atoms with Crippen LogP contribution in [0.2, 0.25) is 0 Å². The fourth-order valence-corrected chi connectivity index (χ4v) is 1.76. The van der Waals surface area contributed by atoms with Crippen LogP contribution in [0.4, 0.5) is 0 Å². The largest absolute Gasteiger partial charge is 0.0776 e. The van der Waals surface area contributed by atoms with E-state index in [0.29, 0.717) is 0 Å². The average Bonchev–Trinajstić information content (AvgIpc) is 2.21. The Bertz CT molecular complexity index is 332. The molecule has 1 aliphatic carbocycles. The van der Waals surface area contributed by atoms with E-state index in [1.165, 1.54) is 35.1 Å². The van der Waals surface area contributed by atoms with Gasteiger partial charge in [0.2, 0.25) is 0 Å². The first-order chi connectivity index (χ1) is 6.75. The van der Waals surface area contributed by atoms with Gasteiger partial charge in [-0.15, -0.1) is 0 Å². The fraction of sp³-hybridized carbons (Fsp3) is 0.467. The van der Waals surface area contributed by atoms with Crippen LogP contribution in [0, 0.1) is 6.92 Å². The maximum absolute atomic E-state index is 2.30. The van der Waals surface area contributed by atoms with Gasteiger partial charge >= 0.3 is 0 Å². The standard InChI is InChI=1S/C12H14.C2H6.CH4/c1-9-3-5-12-8-10(2)4-6-11(12)7-9;1-2;/h3,5,7-8H,4,6H2,1-2H3;1-2H3;1H4. The van der Waals surface area contributed by atoms with Gasteiger partial charge in [0.15, 0.2) is 0 Å². The lowest BCUT2D eigenvalue weighted by Gasteiger charge is -2.13. The Kier molecular flexibility index (Phi) is 6.00. The van der Waals surface area contributed by atoms with Crippen LogP contribution in [0.25, 0.3) is 6.08 Å². The lowest BCUT2D eigenvalue weighted by Crippen LogP contribution is -1.97. The molecule has 84 valence electrons. The third-order valence-corrected chi connectivity index (χ3v) is 2.49. The molecular weight excluding hydrogens is 180 g/mol. The number of allylic oxidation sites excluding steroid dienone is 1. The average molecular weight is 204 g/mol. The van der Waals surface area contributed by atoms with E-state index >= 15 is 0 Å². The zero-order valence-corrected chi connectivity index (χ0v) is 9.72. The number of fused-ring (bicyclic) bond motifs is 1. The van der Waals surface area contributed by atoms with Crippen molar-refractivity contribution in [2.75, 3.05) is 0 Å². The number of hydrogen-bond donors (Lipinski definition) is 0. The van der Waals surface area contributed by atoms with E-state index in [2.05, 4.69) is 38.1 Å². The predicted octanol–water partition coefficient (Wildman–Crippen LogP) is 5.01. The van der Waals surface area contributed by atoms with E-state index in [4.69, 9.17) is 0 Å². The summed E-state index contributed by atoms with van der Waals surface area (Å²) < 4.78 is 0. The predicted molar refractivity (Wildman–Crippen MR) is 71.2 cm³/mol. The van der Waals surface area contributed by atoms with Gasteiger partial charge in [0.1, 0.15) is 0 Å². The summed E-state index contributed by atoms with van der Waals surface area (Å²) >= 11 is 0. The summed E-state index contributed by atoms with van der Waals surface area (Å²) in [6, 6.07) is 6.72. The zero-order chi connectivity index (χ0) is 10.6. The van der Waals surface area contributed by atoms with Crippen molar-refractivity contribution in [2.45, 2.75) is 48.0 Å². The Morgan fingerprint density at radius 2 is 1.67 bits per heavy atom. The smallest absolute Gasteiger partial charge is 0.0225 e. The molecule has 0 heterocycles. The summed E-state index contributed by atoms with van der Waals surface area (Å²) in [5.41, 5.74) is 5.82. The molecule has 0 nitrogen and oxygen atoms in total. The first-order valence-corrected chi connectivity index (χ1v) is 5.52. The topological polar surface area (TPSA) is 0 Å². The van der Waals surface area contributed by atoms with E-state index < -0.39 is 0 Å². The van der Waals surface area contributed by atoms with E-state index in [1.54, 1.807) is 0 Å². The maximum atomic E-state index is 2.30. The van der Waals surface area contributed by atoms with Gasteiger partial charge < -0.3 is 0 Å².